The lowest BCUT2D eigenvalue weighted by Crippen LogP contribution is -2.05. The Morgan fingerprint density at radius 3 is 2.80 bits per heavy atom. The summed E-state index contributed by atoms with van der Waals surface area (Å²) in [6.07, 6.45) is 7.80. The molecular weight excluding hydrogens is 276 g/mol. The zero-order valence-electron chi connectivity index (χ0n) is 11.4. The summed E-state index contributed by atoms with van der Waals surface area (Å²) in [7, 11) is -1.50. The summed E-state index contributed by atoms with van der Waals surface area (Å²) in [5.41, 5.74) is 2.61. The first-order valence-electron chi connectivity index (χ1n) is 6.49. The lowest BCUT2D eigenvalue weighted by Gasteiger charge is -2.05. The molecule has 0 N–H and O–H groups in total. The minimum Gasteiger partial charge on any atom is -0.272 e. The molecule has 106 valence electrons. The van der Waals surface area contributed by atoms with Crippen molar-refractivity contribution in [2.45, 2.75) is 24.4 Å². The van der Waals surface area contributed by atoms with Gasteiger partial charge >= 0.3 is 0 Å². The minimum absolute atomic E-state index is 0.142. The monoisotopic (exact) mass is 292 g/mol. The third kappa shape index (κ3) is 2.58. The molecule has 0 bridgehead atoms. The highest BCUT2D eigenvalue weighted by Crippen LogP contribution is 2.35. The first kappa shape index (κ1) is 13.2. The number of sulfone groups is 1. The summed E-state index contributed by atoms with van der Waals surface area (Å²) in [5, 5.41) is 4.13. The van der Waals surface area contributed by atoms with E-state index in [1.165, 1.54) is 19.0 Å². The van der Waals surface area contributed by atoms with Gasteiger partial charge in [0.25, 0.3) is 0 Å². The van der Waals surface area contributed by atoms with Gasteiger partial charge in [0.05, 0.1) is 11.9 Å². The van der Waals surface area contributed by atoms with Crippen LogP contribution >= 0.6 is 0 Å². The summed E-state index contributed by atoms with van der Waals surface area (Å²) in [6, 6.07) is 1.72. The van der Waals surface area contributed by atoms with Gasteiger partial charge in [-0.25, -0.2) is 18.4 Å². The molecule has 2 heterocycles. The van der Waals surface area contributed by atoms with Crippen molar-refractivity contribution in [2.24, 2.45) is 13.0 Å². The quantitative estimate of drug-likeness (QED) is 0.792. The Kier molecular flexibility index (Phi) is 3.08. The van der Waals surface area contributed by atoms with Crippen LogP contribution in [0.5, 0.6) is 0 Å². The molecule has 0 spiro atoms. The molecule has 0 amide bonds. The Hall–Kier alpha value is -1.76. The molecule has 0 saturated heterocycles. The summed E-state index contributed by atoms with van der Waals surface area (Å²) in [5.74, 6) is 0.723. The van der Waals surface area contributed by atoms with Crippen molar-refractivity contribution in [3.8, 4) is 11.3 Å². The molecule has 6 nitrogen and oxygen atoms in total. The van der Waals surface area contributed by atoms with Crippen LogP contribution in [0, 0.1) is 5.92 Å². The molecule has 1 aliphatic carbocycles. The Morgan fingerprint density at radius 2 is 2.15 bits per heavy atom. The fourth-order valence-electron chi connectivity index (χ4n) is 2.18. The van der Waals surface area contributed by atoms with Gasteiger partial charge in [-0.3, -0.25) is 4.68 Å². The predicted molar refractivity (Wildman–Crippen MR) is 73.8 cm³/mol. The van der Waals surface area contributed by atoms with Gasteiger partial charge < -0.3 is 0 Å². The van der Waals surface area contributed by atoms with Crippen molar-refractivity contribution in [3.05, 3.63) is 24.2 Å². The van der Waals surface area contributed by atoms with Gasteiger partial charge in [-0.2, -0.15) is 5.10 Å². The summed E-state index contributed by atoms with van der Waals surface area (Å²) in [4.78, 5) is 7.98. The second-order valence-electron chi connectivity index (χ2n) is 5.27. The van der Waals surface area contributed by atoms with Crippen molar-refractivity contribution in [2.75, 3.05) is 6.26 Å². The third-order valence-corrected chi connectivity index (χ3v) is 4.34. The first-order valence-corrected chi connectivity index (χ1v) is 8.38. The zero-order valence-corrected chi connectivity index (χ0v) is 12.3. The number of nitrogens with zero attached hydrogens (tertiary/aromatic N) is 4. The highest BCUT2D eigenvalue weighted by Gasteiger charge is 2.25. The molecule has 0 radical (unpaired) electrons. The Labute approximate surface area is 117 Å². The maximum atomic E-state index is 11.5. The molecular formula is C13H16N4O2S. The van der Waals surface area contributed by atoms with Gasteiger partial charge in [0.1, 0.15) is 0 Å². The van der Waals surface area contributed by atoms with Crippen LogP contribution in [-0.4, -0.2) is 34.4 Å². The van der Waals surface area contributed by atoms with Gasteiger partial charge in [-0.1, -0.05) is 0 Å². The van der Waals surface area contributed by atoms with Crippen molar-refractivity contribution in [1.29, 1.82) is 0 Å². The van der Waals surface area contributed by atoms with E-state index in [0.29, 0.717) is 5.69 Å². The molecule has 1 fully saturated rings. The van der Waals surface area contributed by atoms with E-state index in [9.17, 15) is 8.42 Å². The van der Waals surface area contributed by atoms with E-state index in [0.717, 1.165) is 29.9 Å². The Balaban J connectivity index is 2.04. The normalized spacial score (nSPS) is 15.5. The standard InChI is InChI=1S/C13H16N4O2S/c1-17-12(7-9-3-4-9)10(8-15-17)11-5-6-14-13(16-11)20(2,18)19/h5-6,8-9H,3-4,7H2,1-2H3. The lowest BCUT2D eigenvalue weighted by atomic mass is 10.1. The molecule has 2 aromatic heterocycles. The third-order valence-electron chi connectivity index (χ3n) is 3.48. The molecule has 0 atom stereocenters. The second kappa shape index (κ2) is 4.66. The highest BCUT2D eigenvalue weighted by molar-refractivity contribution is 7.90. The first-order chi connectivity index (χ1) is 9.45. The molecule has 7 heteroatoms. The van der Waals surface area contributed by atoms with Crippen LogP contribution < -0.4 is 0 Å². The number of aromatic nitrogens is 4. The van der Waals surface area contributed by atoms with Crippen LogP contribution in [0.4, 0.5) is 0 Å². The van der Waals surface area contributed by atoms with Gasteiger partial charge in [-0.05, 0) is 31.2 Å². The van der Waals surface area contributed by atoms with Crippen LogP contribution in [0.25, 0.3) is 11.3 Å². The maximum absolute atomic E-state index is 11.5. The average Bonchev–Trinajstić information content (AvgIpc) is 3.14. The topological polar surface area (TPSA) is 77.7 Å². The molecule has 0 unspecified atom stereocenters. The lowest BCUT2D eigenvalue weighted by molar-refractivity contribution is 0.593. The molecule has 2 aromatic rings. The summed E-state index contributed by atoms with van der Waals surface area (Å²) in [6.45, 7) is 0. The molecule has 0 aromatic carbocycles. The van der Waals surface area contributed by atoms with Crippen LogP contribution in [0.15, 0.2) is 23.6 Å². The summed E-state index contributed by atoms with van der Waals surface area (Å²) >= 11 is 0. The summed E-state index contributed by atoms with van der Waals surface area (Å²) < 4.78 is 24.9. The van der Waals surface area contributed by atoms with Gasteiger partial charge in [-0.15, -0.1) is 0 Å². The zero-order chi connectivity index (χ0) is 14.3. The minimum atomic E-state index is -3.40. The van der Waals surface area contributed by atoms with E-state index in [2.05, 4.69) is 15.1 Å². The van der Waals surface area contributed by atoms with Crippen molar-refractivity contribution in [1.82, 2.24) is 19.7 Å². The van der Waals surface area contributed by atoms with Gasteiger partial charge in [0, 0.05) is 30.8 Å². The average molecular weight is 292 g/mol. The van der Waals surface area contributed by atoms with E-state index < -0.39 is 9.84 Å². The SMILES string of the molecule is Cn1ncc(-c2ccnc(S(C)(=O)=O)n2)c1CC1CC1. The van der Waals surface area contributed by atoms with Crippen LogP contribution in [0.1, 0.15) is 18.5 Å². The van der Waals surface area contributed by atoms with E-state index in [1.807, 2.05) is 11.7 Å². The second-order valence-corrected chi connectivity index (χ2v) is 7.18. The van der Waals surface area contributed by atoms with E-state index in [-0.39, 0.29) is 5.16 Å². The molecule has 1 saturated carbocycles. The predicted octanol–water partition coefficient (Wildman–Crippen LogP) is 1.23. The van der Waals surface area contributed by atoms with Crippen molar-refractivity contribution >= 4 is 9.84 Å². The smallest absolute Gasteiger partial charge is 0.247 e. The largest absolute Gasteiger partial charge is 0.272 e. The Bertz CT molecular complexity index is 747. The van der Waals surface area contributed by atoms with E-state index >= 15 is 0 Å². The van der Waals surface area contributed by atoms with Crippen LogP contribution in [0.2, 0.25) is 0 Å². The number of hydrogen-bond acceptors (Lipinski definition) is 5. The van der Waals surface area contributed by atoms with E-state index in [1.54, 1.807) is 12.3 Å². The number of aryl methyl sites for hydroxylation is 1. The van der Waals surface area contributed by atoms with Crippen molar-refractivity contribution in [3.63, 3.8) is 0 Å². The van der Waals surface area contributed by atoms with E-state index in [4.69, 9.17) is 0 Å². The fourth-order valence-corrected chi connectivity index (χ4v) is 2.70. The Morgan fingerprint density at radius 1 is 1.40 bits per heavy atom. The maximum Gasteiger partial charge on any atom is 0.247 e. The van der Waals surface area contributed by atoms with Crippen molar-refractivity contribution < 1.29 is 8.42 Å². The van der Waals surface area contributed by atoms with Gasteiger partial charge in [0.15, 0.2) is 0 Å². The molecule has 1 aliphatic rings. The highest BCUT2D eigenvalue weighted by atomic mass is 32.2. The molecule has 3 rings (SSSR count). The van der Waals surface area contributed by atoms with Crippen LogP contribution in [-0.2, 0) is 23.3 Å². The number of rotatable bonds is 4. The van der Waals surface area contributed by atoms with Gasteiger partial charge in [0.2, 0.25) is 15.0 Å². The van der Waals surface area contributed by atoms with Crippen LogP contribution in [0.3, 0.4) is 0 Å². The molecule has 20 heavy (non-hydrogen) atoms. The molecule has 0 aliphatic heterocycles. The number of hydrogen-bond donors (Lipinski definition) is 0. The fraction of sp³-hybridized carbons (Fsp3) is 0.462.